The Hall–Kier alpha value is -2.63. The summed E-state index contributed by atoms with van der Waals surface area (Å²) in [6.07, 6.45) is 7.24. The van der Waals surface area contributed by atoms with Crippen LogP contribution >= 0.6 is 0 Å². The molecule has 0 radical (unpaired) electrons. The smallest absolute Gasteiger partial charge is 0.309 e. The molecule has 6 aliphatic rings. The molecule has 0 unspecified atom stereocenters. The quantitative estimate of drug-likeness (QED) is 0.436. The number of hydrogen-bond donors (Lipinski definition) is 2. The van der Waals surface area contributed by atoms with Crippen LogP contribution in [0, 0.1) is 51.8 Å². The highest BCUT2D eigenvalue weighted by Gasteiger charge is 2.73. The number of anilines is 1. The Bertz CT molecular complexity index is 1200. The summed E-state index contributed by atoms with van der Waals surface area (Å²) in [6, 6.07) is 6.60. The van der Waals surface area contributed by atoms with Crippen molar-refractivity contribution in [1.82, 2.24) is 0 Å². The number of phenols is 1. The topological polar surface area (TPSA) is 94.9 Å². The molecule has 3 saturated carbocycles. The summed E-state index contributed by atoms with van der Waals surface area (Å²) in [5.41, 5.74) is 0.153. The van der Waals surface area contributed by atoms with E-state index < -0.39 is 28.6 Å². The van der Waals surface area contributed by atoms with Crippen molar-refractivity contribution in [3.8, 4) is 5.75 Å². The first-order valence-electron chi connectivity index (χ1n) is 13.6. The Morgan fingerprint density at radius 1 is 1.06 bits per heavy atom. The second-order valence-electron chi connectivity index (χ2n) is 13.0. The maximum Gasteiger partial charge on any atom is 0.309 e. The summed E-state index contributed by atoms with van der Waals surface area (Å²) in [5.74, 6) is -1.54. The molecule has 1 spiro atoms. The van der Waals surface area contributed by atoms with Crippen LogP contribution in [0.1, 0.15) is 66.2 Å². The zero-order valence-electron chi connectivity index (χ0n) is 21.7. The van der Waals surface area contributed by atoms with E-state index in [1.165, 1.54) is 16.5 Å². The molecular weight excluding hydrogens is 454 g/mol. The molecule has 1 saturated heterocycles. The van der Waals surface area contributed by atoms with Crippen molar-refractivity contribution >= 4 is 23.5 Å². The van der Waals surface area contributed by atoms with Gasteiger partial charge in [-0.3, -0.25) is 14.4 Å². The van der Waals surface area contributed by atoms with Crippen molar-refractivity contribution in [2.75, 3.05) is 4.90 Å². The summed E-state index contributed by atoms with van der Waals surface area (Å²) in [6.45, 7) is 8.55. The van der Waals surface area contributed by atoms with Crippen LogP contribution in [0.25, 0.3) is 0 Å². The van der Waals surface area contributed by atoms with Crippen LogP contribution in [0.5, 0.6) is 5.75 Å². The van der Waals surface area contributed by atoms with E-state index in [2.05, 4.69) is 26.8 Å². The largest absolute Gasteiger partial charge is 0.506 e. The monoisotopic (exact) mass is 491 g/mol. The van der Waals surface area contributed by atoms with Crippen molar-refractivity contribution in [2.24, 2.45) is 51.8 Å². The Morgan fingerprint density at radius 2 is 1.78 bits per heavy atom. The van der Waals surface area contributed by atoms with Crippen LogP contribution in [0.2, 0.25) is 0 Å². The van der Waals surface area contributed by atoms with Gasteiger partial charge in [-0.15, -0.1) is 0 Å². The zero-order valence-corrected chi connectivity index (χ0v) is 21.7. The van der Waals surface area contributed by atoms with Crippen LogP contribution in [-0.4, -0.2) is 28.0 Å². The van der Waals surface area contributed by atoms with Gasteiger partial charge in [0.1, 0.15) is 5.75 Å². The van der Waals surface area contributed by atoms with Gasteiger partial charge in [0.2, 0.25) is 11.8 Å². The molecule has 36 heavy (non-hydrogen) atoms. The molecule has 0 aromatic heterocycles. The zero-order chi connectivity index (χ0) is 25.8. The molecule has 5 aliphatic carbocycles. The fraction of sp³-hybridized carbons (Fsp3) is 0.633. The third-order valence-corrected chi connectivity index (χ3v) is 11.3. The number of aromatic hydroxyl groups is 1. The lowest BCUT2D eigenvalue weighted by molar-refractivity contribution is -0.194. The van der Waals surface area contributed by atoms with Gasteiger partial charge in [-0.2, -0.15) is 0 Å². The lowest BCUT2D eigenvalue weighted by Crippen LogP contribution is -2.65. The number of carbonyl (C=O) groups is 3. The molecule has 1 aromatic rings. The molecule has 1 aromatic carbocycles. The van der Waals surface area contributed by atoms with Gasteiger partial charge in [0, 0.05) is 5.41 Å². The molecule has 2 N–H and O–H groups in total. The molecule has 6 heteroatoms. The number of fused-ring (bicyclic) bond motifs is 1. The summed E-state index contributed by atoms with van der Waals surface area (Å²) in [7, 11) is 0. The molecule has 2 amide bonds. The molecule has 1 heterocycles. The fourth-order valence-electron chi connectivity index (χ4n) is 9.85. The minimum atomic E-state index is -0.757. The number of amides is 2. The standard InChI is InChI=1S/C30H37NO5/c1-16(2)18-15-30-13-10-21-28(3,11-7-12-29(21,4)27(35)36)22(30)14-17(18)23-24(30)26(34)31(25(23)33)19-8-5-6-9-20(19)32/h5-6,8-9,15-17,21-24,32H,7,10-14H2,1-4H3,(H,35,36)/t17-,21+,22-,23-,24+,28+,29-,30+/m1/s1. The molecule has 2 bridgehead atoms. The summed E-state index contributed by atoms with van der Waals surface area (Å²) >= 11 is 0. The number of carboxylic acid groups (broad SMARTS) is 1. The maximum absolute atomic E-state index is 14.2. The van der Waals surface area contributed by atoms with Crippen LogP contribution < -0.4 is 4.90 Å². The van der Waals surface area contributed by atoms with E-state index >= 15 is 0 Å². The normalized spacial score (nSPS) is 43.2. The van der Waals surface area contributed by atoms with Gasteiger partial charge < -0.3 is 10.2 Å². The lowest BCUT2D eigenvalue weighted by Gasteiger charge is -2.68. The second kappa shape index (κ2) is 7.45. The van der Waals surface area contributed by atoms with E-state index in [9.17, 15) is 24.6 Å². The van der Waals surface area contributed by atoms with Gasteiger partial charge in [0.25, 0.3) is 0 Å². The molecular formula is C30H37NO5. The van der Waals surface area contributed by atoms with Gasteiger partial charge in [0.15, 0.2) is 0 Å². The third kappa shape index (κ3) is 2.71. The van der Waals surface area contributed by atoms with Crippen molar-refractivity contribution in [2.45, 2.75) is 66.2 Å². The number of hydrogen-bond acceptors (Lipinski definition) is 4. The minimum absolute atomic E-state index is 0.0252. The van der Waals surface area contributed by atoms with E-state index in [4.69, 9.17) is 0 Å². The Kier molecular flexibility index (Phi) is 4.92. The highest BCUT2D eigenvalue weighted by molar-refractivity contribution is 6.23. The molecule has 7 rings (SSSR count). The number of rotatable bonds is 3. The molecule has 6 nitrogen and oxygen atoms in total. The molecule has 1 aliphatic heterocycles. The number of imide groups is 1. The Morgan fingerprint density at radius 3 is 2.44 bits per heavy atom. The van der Waals surface area contributed by atoms with Crippen LogP contribution in [0.3, 0.4) is 0 Å². The lowest BCUT2D eigenvalue weighted by atomic mass is 9.34. The van der Waals surface area contributed by atoms with E-state index in [0.717, 1.165) is 32.1 Å². The first-order chi connectivity index (χ1) is 17.0. The van der Waals surface area contributed by atoms with E-state index in [0.29, 0.717) is 6.42 Å². The number of phenolic OH excluding ortho intramolecular Hbond substituents is 1. The molecule has 8 atom stereocenters. The van der Waals surface area contributed by atoms with Gasteiger partial charge in [-0.1, -0.05) is 51.0 Å². The molecule has 192 valence electrons. The van der Waals surface area contributed by atoms with Crippen molar-refractivity contribution in [1.29, 1.82) is 0 Å². The van der Waals surface area contributed by atoms with Gasteiger partial charge in [-0.25, -0.2) is 4.90 Å². The van der Waals surface area contributed by atoms with Gasteiger partial charge in [-0.05, 0) is 80.2 Å². The Labute approximate surface area is 212 Å². The number of carbonyl (C=O) groups excluding carboxylic acids is 2. The first kappa shape index (κ1) is 23.7. The van der Waals surface area contributed by atoms with Gasteiger partial charge in [0.05, 0.1) is 22.9 Å². The van der Waals surface area contributed by atoms with E-state index in [-0.39, 0.29) is 52.3 Å². The second-order valence-corrected chi connectivity index (χ2v) is 13.0. The SMILES string of the molecule is CC(C)C1=C[C@@]23CC[C@H]4[C@](C)(CCC[C@@]4(C)C(=O)O)[C@H]2C[C@H]1[C@H]1C(=O)N(c2ccccc2O)C(=O)[C@H]13. The summed E-state index contributed by atoms with van der Waals surface area (Å²) in [4.78, 5) is 41.9. The molecule has 4 fully saturated rings. The fourth-order valence-corrected chi connectivity index (χ4v) is 9.85. The maximum atomic E-state index is 14.2. The predicted octanol–water partition coefficient (Wildman–Crippen LogP) is 5.41. The average molecular weight is 492 g/mol. The van der Waals surface area contributed by atoms with E-state index in [1.807, 2.05) is 6.92 Å². The average Bonchev–Trinajstić information content (AvgIpc) is 3.10. The summed E-state index contributed by atoms with van der Waals surface area (Å²) in [5, 5.41) is 20.8. The Balaban J connectivity index is 1.50. The minimum Gasteiger partial charge on any atom is -0.506 e. The third-order valence-electron chi connectivity index (χ3n) is 11.3. The number of para-hydroxylation sites is 2. The number of allylic oxidation sites excluding steroid dienone is 2. The van der Waals surface area contributed by atoms with Crippen molar-refractivity contribution < 1.29 is 24.6 Å². The van der Waals surface area contributed by atoms with Crippen LogP contribution in [0.15, 0.2) is 35.9 Å². The number of aliphatic carboxylic acids is 1. The van der Waals surface area contributed by atoms with Gasteiger partial charge >= 0.3 is 5.97 Å². The van der Waals surface area contributed by atoms with Crippen LogP contribution in [0.4, 0.5) is 5.69 Å². The van der Waals surface area contributed by atoms with E-state index in [1.54, 1.807) is 18.2 Å². The van der Waals surface area contributed by atoms with Crippen molar-refractivity contribution in [3.05, 3.63) is 35.9 Å². The van der Waals surface area contributed by atoms with Crippen molar-refractivity contribution in [3.63, 3.8) is 0 Å². The highest BCUT2D eigenvalue weighted by Crippen LogP contribution is 2.74. The number of carboxylic acids is 1. The van der Waals surface area contributed by atoms with Crippen LogP contribution in [-0.2, 0) is 14.4 Å². The number of benzene rings is 1. The number of nitrogens with zero attached hydrogens (tertiary/aromatic N) is 1. The highest BCUT2D eigenvalue weighted by atomic mass is 16.4. The first-order valence-corrected chi connectivity index (χ1v) is 13.6. The summed E-state index contributed by atoms with van der Waals surface area (Å²) < 4.78 is 0. The predicted molar refractivity (Wildman–Crippen MR) is 135 cm³/mol.